The van der Waals surface area contributed by atoms with Gasteiger partial charge in [0.15, 0.2) is 5.75 Å². The molecule has 114 valence electrons. The summed E-state index contributed by atoms with van der Waals surface area (Å²) in [5, 5.41) is 10.9. The van der Waals surface area contributed by atoms with Crippen molar-refractivity contribution in [2.24, 2.45) is 5.73 Å². The summed E-state index contributed by atoms with van der Waals surface area (Å²) in [6.07, 6.45) is 1.52. The fourth-order valence-electron chi connectivity index (χ4n) is 2.64. The molecule has 1 aromatic rings. The highest BCUT2D eigenvalue weighted by atomic mass is 16.6. The van der Waals surface area contributed by atoms with Crippen LogP contribution in [-0.2, 0) is 0 Å². The van der Waals surface area contributed by atoms with E-state index >= 15 is 0 Å². The number of amides is 1. The Balaban J connectivity index is 2.25. The molecule has 0 saturated carbocycles. The second-order valence-electron chi connectivity index (χ2n) is 5.28. The Morgan fingerprint density at radius 1 is 1.52 bits per heavy atom. The largest absolute Gasteiger partial charge is 0.490 e. The molecule has 0 bridgehead atoms. The molecule has 0 radical (unpaired) electrons. The van der Waals surface area contributed by atoms with E-state index in [0.717, 1.165) is 12.8 Å². The first-order valence-electron chi connectivity index (χ1n) is 6.83. The van der Waals surface area contributed by atoms with Gasteiger partial charge in [0, 0.05) is 36.3 Å². The van der Waals surface area contributed by atoms with E-state index in [1.807, 2.05) is 6.92 Å². The van der Waals surface area contributed by atoms with Gasteiger partial charge in [-0.05, 0) is 25.8 Å². The minimum Gasteiger partial charge on any atom is -0.490 e. The number of nitrogens with zero attached hydrogens (tertiary/aromatic N) is 2. The first-order chi connectivity index (χ1) is 9.93. The van der Waals surface area contributed by atoms with Crippen LogP contribution < -0.4 is 10.5 Å². The molecule has 1 amide bonds. The van der Waals surface area contributed by atoms with Gasteiger partial charge in [-0.1, -0.05) is 0 Å². The number of likely N-dealkylation sites (tertiary alicyclic amines) is 1. The fraction of sp³-hybridized carbons (Fsp3) is 0.500. The van der Waals surface area contributed by atoms with Crippen molar-refractivity contribution in [3.63, 3.8) is 0 Å². The maximum absolute atomic E-state index is 12.5. The maximum atomic E-state index is 12.5. The lowest BCUT2D eigenvalue weighted by Crippen LogP contribution is -2.48. The lowest BCUT2D eigenvalue weighted by molar-refractivity contribution is -0.385. The quantitative estimate of drug-likeness (QED) is 0.673. The van der Waals surface area contributed by atoms with Crippen molar-refractivity contribution in [3.8, 4) is 5.75 Å². The van der Waals surface area contributed by atoms with Crippen LogP contribution in [0.3, 0.4) is 0 Å². The Morgan fingerprint density at radius 3 is 2.81 bits per heavy atom. The Morgan fingerprint density at radius 2 is 2.24 bits per heavy atom. The molecule has 7 nitrogen and oxygen atoms in total. The fourth-order valence-corrected chi connectivity index (χ4v) is 2.64. The van der Waals surface area contributed by atoms with Crippen LogP contribution >= 0.6 is 0 Å². The zero-order valence-corrected chi connectivity index (χ0v) is 12.1. The number of hydrogen-bond acceptors (Lipinski definition) is 5. The SMILES string of the molecule is COc1cc(C(=O)N2CCC(N)CC2C)ccc1[N+](=O)[O-]. The number of nitro groups is 1. The highest BCUT2D eigenvalue weighted by Crippen LogP contribution is 2.29. The number of benzene rings is 1. The van der Waals surface area contributed by atoms with Crippen molar-refractivity contribution in [1.82, 2.24) is 4.90 Å². The summed E-state index contributed by atoms with van der Waals surface area (Å²) in [5.41, 5.74) is 6.13. The average molecular weight is 293 g/mol. The number of piperidine rings is 1. The van der Waals surface area contributed by atoms with Crippen molar-refractivity contribution in [2.75, 3.05) is 13.7 Å². The first-order valence-corrected chi connectivity index (χ1v) is 6.83. The Kier molecular flexibility index (Phi) is 4.42. The predicted octanol–water partition coefficient (Wildman–Crippen LogP) is 1.56. The van der Waals surface area contributed by atoms with Gasteiger partial charge in [-0.15, -0.1) is 0 Å². The van der Waals surface area contributed by atoms with Gasteiger partial charge in [0.05, 0.1) is 12.0 Å². The number of methoxy groups -OCH3 is 1. The van der Waals surface area contributed by atoms with Crippen molar-refractivity contribution in [2.45, 2.75) is 31.8 Å². The van der Waals surface area contributed by atoms with Crippen LogP contribution in [0.4, 0.5) is 5.69 Å². The number of rotatable bonds is 3. The van der Waals surface area contributed by atoms with Crippen LogP contribution in [0.1, 0.15) is 30.1 Å². The molecule has 2 atom stereocenters. The van der Waals surface area contributed by atoms with E-state index in [4.69, 9.17) is 10.5 Å². The van der Waals surface area contributed by atoms with Gasteiger partial charge in [0.2, 0.25) is 0 Å². The normalized spacial score (nSPS) is 22.0. The van der Waals surface area contributed by atoms with Gasteiger partial charge >= 0.3 is 5.69 Å². The van der Waals surface area contributed by atoms with Crippen LogP contribution in [0.25, 0.3) is 0 Å². The molecule has 1 aliphatic heterocycles. The molecule has 0 aliphatic carbocycles. The second kappa shape index (κ2) is 6.09. The lowest BCUT2D eigenvalue weighted by Gasteiger charge is -2.36. The lowest BCUT2D eigenvalue weighted by atomic mass is 9.98. The molecule has 0 aromatic heterocycles. The Hall–Kier alpha value is -2.15. The highest BCUT2D eigenvalue weighted by molar-refractivity contribution is 5.95. The van der Waals surface area contributed by atoms with Gasteiger partial charge in [-0.3, -0.25) is 14.9 Å². The van der Waals surface area contributed by atoms with Crippen LogP contribution in [0.2, 0.25) is 0 Å². The van der Waals surface area contributed by atoms with E-state index in [1.54, 1.807) is 4.90 Å². The third kappa shape index (κ3) is 3.13. The topological polar surface area (TPSA) is 98.7 Å². The van der Waals surface area contributed by atoms with E-state index < -0.39 is 4.92 Å². The molecule has 2 rings (SSSR count). The van der Waals surface area contributed by atoms with Gasteiger partial charge in [-0.2, -0.15) is 0 Å². The van der Waals surface area contributed by atoms with Gasteiger partial charge in [0.25, 0.3) is 5.91 Å². The van der Waals surface area contributed by atoms with Crippen LogP contribution in [0, 0.1) is 10.1 Å². The predicted molar refractivity (Wildman–Crippen MR) is 77.4 cm³/mol. The number of carbonyl (C=O) groups is 1. The first kappa shape index (κ1) is 15.2. The van der Waals surface area contributed by atoms with Crippen LogP contribution in [-0.4, -0.2) is 41.5 Å². The number of ether oxygens (including phenoxy) is 1. The van der Waals surface area contributed by atoms with Gasteiger partial charge in [0.1, 0.15) is 0 Å². The summed E-state index contributed by atoms with van der Waals surface area (Å²) in [6, 6.07) is 4.36. The smallest absolute Gasteiger partial charge is 0.310 e. The summed E-state index contributed by atoms with van der Waals surface area (Å²) in [6.45, 7) is 2.56. The van der Waals surface area contributed by atoms with E-state index in [-0.39, 0.29) is 29.4 Å². The molecule has 1 aliphatic rings. The van der Waals surface area contributed by atoms with Crippen molar-refractivity contribution in [1.29, 1.82) is 0 Å². The number of carbonyl (C=O) groups excluding carboxylic acids is 1. The van der Waals surface area contributed by atoms with Crippen LogP contribution in [0.15, 0.2) is 18.2 Å². The zero-order chi connectivity index (χ0) is 15.6. The molecule has 1 fully saturated rings. The molecule has 2 unspecified atom stereocenters. The minimum atomic E-state index is -0.532. The summed E-state index contributed by atoms with van der Waals surface area (Å²) in [7, 11) is 1.35. The Bertz CT molecular complexity index is 561. The number of nitro benzene ring substituents is 1. The molecule has 2 N–H and O–H groups in total. The molecule has 1 aromatic carbocycles. The summed E-state index contributed by atoms with van der Waals surface area (Å²) >= 11 is 0. The van der Waals surface area contributed by atoms with Gasteiger partial charge in [-0.25, -0.2) is 0 Å². The molecular weight excluding hydrogens is 274 g/mol. The van der Waals surface area contributed by atoms with E-state index in [9.17, 15) is 14.9 Å². The number of hydrogen-bond donors (Lipinski definition) is 1. The van der Waals surface area contributed by atoms with E-state index in [1.165, 1.54) is 25.3 Å². The monoisotopic (exact) mass is 293 g/mol. The Labute approximate surface area is 122 Å². The molecule has 7 heteroatoms. The average Bonchev–Trinajstić information content (AvgIpc) is 2.45. The van der Waals surface area contributed by atoms with Gasteiger partial charge < -0.3 is 15.4 Å². The molecule has 21 heavy (non-hydrogen) atoms. The minimum absolute atomic E-state index is 0.0578. The van der Waals surface area contributed by atoms with Crippen LogP contribution in [0.5, 0.6) is 5.75 Å². The standard InChI is InChI=1S/C14H19N3O4/c1-9-7-11(15)5-6-16(9)14(18)10-3-4-12(17(19)20)13(8-10)21-2/h3-4,8-9,11H,5-7,15H2,1-2H3. The molecular formula is C14H19N3O4. The molecule has 0 spiro atoms. The summed E-state index contributed by atoms with van der Waals surface area (Å²) < 4.78 is 5.00. The maximum Gasteiger partial charge on any atom is 0.310 e. The number of nitrogens with two attached hydrogens (primary N) is 1. The summed E-state index contributed by atoms with van der Waals surface area (Å²) in [5.74, 6) is -0.0604. The van der Waals surface area contributed by atoms with Crippen molar-refractivity contribution >= 4 is 11.6 Å². The third-order valence-electron chi connectivity index (χ3n) is 3.80. The molecule has 1 heterocycles. The highest BCUT2D eigenvalue weighted by Gasteiger charge is 2.28. The van der Waals surface area contributed by atoms with E-state index in [0.29, 0.717) is 12.1 Å². The second-order valence-corrected chi connectivity index (χ2v) is 5.28. The third-order valence-corrected chi connectivity index (χ3v) is 3.80. The summed E-state index contributed by atoms with van der Waals surface area (Å²) in [4.78, 5) is 24.6. The van der Waals surface area contributed by atoms with E-state index in [2.05, 4.69) is 0 Å². The zero-order valence-electron chi connectivity index (χ0n) is 12.1. The van der Waals surface area contributed by atoms with Crippen molar-refractivity contribution in [3.05, 3.63) is 33.9 Å². The molecule has 1 saturated heterocycles. The van der Waals surface area contributed by atoms with Crippen molar-refractivity contribution < 1.29 is 14.5 Å².